The summed E-state index contributed by atoms with van der Waals surface area (Å²) in [6.45, 7) is 3.62. The first-order valence-electron chi connectivity index (χ1n) is 4.95. The molecule has 0 amide bonds. The van der Waals surface area contributed by atoms with Crippen molar-refractivity contribution < 1.29 is 18.3 Å². The number of nitrogens with one attached hydrogen (secondary N) is 1. The second-order valence-corrected chi connectivity index (χ2v) is 6.44. The van der Waals surface area contributed by atoms with Gasteiger partial charge in [0.05, 0.1) is 11.3 Å². The van der Waals surface area contributed by atoms with E-state index in [0.29, 0.717) is 10.0 Å². The molecule has 1 aromatic rings. The standard InChI is InChI=1S/C11H12BrNO4S/c1-8(12)7-13-18(16,17)10-4-2-9(3-5-10)6-11(14)15/h2-5,13H,1,6-7H2,(H,14,15). The quantitative estimate of drug-likeness (QED) is 0.826. The van der Waals surface area contributed by atoms with E-state index in [1.54, 1.807) is 0 Å². The van der Waals surface area contributed by atoms with Gasteiger partial charge < -0.3 is 5.11 Å². The lowest BCUT2D eigenvalue weighted by Crippen LogP contribution is -2.24. The molecule has 1 aromatic carbocycles. The van der Waals surface area contributed by atoms with Crippen LogP contribution < -0.4 is 4.72 Å². The molecule has 0 saturated heterocycles. The van der Waals surface area contributed by atoms with E-state index in [4.69, 9.17) is 5.11 Å². The minimum absolute atomic E-state index is 0.0883. The summed E-state index contributed by atoms with van der Waals surface area (Å²) in [4.78, 5) is 10.6. The van der Waals surface area contributed by atoms with Gasteiger partial charge in [-0.3, -0.25) is 4.79 Å². The van der Waals surface area contributed by atoms with Gasteiger partial charge in [-0.1, -0.05) is 34.6 Å². The molecule has 0 aliphatic heterocycles. The summed E-state index contributed by atoms with van der Waals surface area (Å²) in [6.07, 6.45) is -0.133. The van der Waals surface area contributed by atoms with Crippen LogP contribution in [0.2, 0.25) is 0 Å². The Morgan fingerprint density at radius 2 is 1.89 bits per heavy atom. The molecule has 0 radical (unpaired) electrons. The van der Waals surface area contributed by atoms with Gasteiger partial charge >= 0.3 is 5.97 Å². The van der Waals surface area contributed by atoms with Crippen molar-refractivity contribution in [2.75, 3.05) is 6.54 Å². The third-order valence-electron chi connectivity index (χ3n) is 2.04. The summed E-state index contributed by atoms with van der Waals surface area (Å²) in [6, 6.07) is 5.70. The minimum atomic E-state index is -3.59. The van der Waals surface area contributed by atoms with Gasteiger partial charge in [0.25, 0.3) is 0 Å². The molecule has 0 aliphatic carbocycles. The number of sulfonamides is 1. The van der Waals surface area contributed by atoms with Crippen molar-refractivity contribution in [1.82, 2.24) is 4.72 Å². The molecule has 0 heterocycles. The van der Waals surface area contributed by atoms with Crippen LogP contribution in [0.3, 0.4) is 0 Å². The molecule has 7 heteroatoms. The number of hydrogen-bond donors (Lipinski definition) is 2. The molecule has 5 nitrogen and oxygen atoms in total. The molecule has 0 fully saturated rings. The molecule has 0 atom stereocenters. The van der Waals surface area contributed by atoms with Crippen LogP contribution in [0.15, 0.2) is 40.2 Å². The summed E-state index contributed by atoms with van der Waals surface area (Å²) in [7, 11) is -3.59. The maximum atomic E-state index is 11.8. The molecular formula is C11H12BrNO4S. The molecule has 0 aromatic heterocycles. The topological polar surface area (TPSA) is 83.5 Å². The smallest absolute Gasteiger partial charge is 0.307 e. The van der Waals surface area contributed by atoms with E-state index in [9.17, 15) is 13.2 Å². The minimum Gasteiger partial charge on any atom is -0.481 e. The SMILES string of the molecule is C=C(Br)CNS(=O)(=O)c1ccc(CC(=O)O)cc1. The summed E-state index contributed by atoms with van der Waals surface area (Å²) in [5.41, 5.74) is 0.548. The van der Waals surface area contributed by atoms with E-state index in [2.05, 4.69) is 27.2 Å². The van der Waals surface area contributed by atoms with E-state index in [1.165, 1.54) is 24.3 Å². The third kappa shape index (κ3) is 4.59. The van der Waals surface area contributed by atoms with E-state index < -0.39 is 16.0 Å². The molecule has 18 heavy (non-hydrogen) atoms. The molecule has 1 rings (SSSR count). The van der Waals surface area contributed by atoms with Crippen molar-refractivity contribution in [3.8, 4) is 0 Å². The highest BCUT2D eigenvalue weighted by atomic mass is 79.9. The molecule has 0 saturated carbocycles. The van der Waals surface area contributed by atoms with Gasteiger partial charge in [0.2, 0.25) is 10.0 Å². The highest BCUT2D eigenvalue weighted by molar-refractivity contribution is 9.11. The van der Waals surface area contributed by atoms with Crippen LogP contribution in [0.4, 0.5) is 0 Å². The van der Waals surface area contributed by atoms with Crippen LogP contribution in [0.5, 0.6) is 0 Å². The Kier molecular flexibility index (Phi) is 5.06. The Bertz CT molecular complexity index is 551. The first-order valence-corrected chi connectivity index (χ1v) is 7.22. The molecule has 0 spiro atoms. The van der Waals surface area contributed by atoms with Gasteiger partial charge in [0.1, 0.15) is 0 Å². The number of carboxylic acids is 1. The number of hydrogen-bond acceptors (Lipinski definition) is 3. The van der Waals surface area contributed by atoms with Gasteiger partial charge in [-0.25, -0.2) is 13.1 Å². The predicted octanol–water partition coefficient (Wildman–Crippen LogP) is 1.50. The maximum Gasteiger partial charge on any atom is 0.307 e. The summed E-state index contributed by atoms with van der Waals surface area (Å²) < 4.78 is 26.4. The molecule has 0 bridgehead atoms. The molecule has 2 N–H and O–H groups in total. The zero-order valence-corrected chi connectivity index (χ0v) is 11.8. The number of halogens is 1. The Morgan fingerprint density at radius 3 is 2.33 bits per heavy atom. The van der Waals surface area contributed by atoms with Crippen LogP contribution >= 0.6 is 15.9 Å². The van der Waals surface area contributed by atoms with E-state index in [1.807, 2.05) is 0 Å². The average molecular weight is 334 g/mol. The van der Waals surface area contributed by atoms with Gasteiger partial charge in [-0.05, 0) is 17.7 Å². The monoisotopic (exact) mass is 333 g/mol. The van der Waals surface area contributed by atoms with Gasteiger partial charge in [-0.15, -0.1) is 0 Å². The summed E-state index contributed by atoms with van der Waals surface area (Å²) in [5, 5.41) is 8.60. The average Bonchev–Trinajstić information content (AvgIpc) is 2.26. The van der Waals surface area contributed by atoms with Crippen molar-refractivity contribution in [2.24, 2.45) is 0 Å². The van der Waals surface area contributed by atoms with E-state index >= 15 is 0 Å². The molecule has 0 unspecified atom stereocenters. The fourth-order valence-electron chi connectivity index (χ4n) is 1.22. The first kappa shape index (κ1) is 14.9. The Labute approximate surface area is 114 Å². The number of rotatable bonds is 6. The van der Waals surface area contributed by atoms with E-state index in [0.717, 1.165) is 0 Å². The van der Waals surface area contributed by atoms with Crippen LogP contribution in [0.1, 0.15) is 5.56 Å². The third-order valence-corrected chi connectivity index (χ3v) is 3.74. The van der Waals surface area contributed by atoms with Crippen molar-refractivity contribution >= 4 is 31.9 Å². The zero-order valence-electron chi connectivity index (χ0n) is 9.39. The number of carboxylic acid groups (broad SMARTS) is 1. The lowest BCUT2D eigenvalue weighted by Gasteiger charge is -2.06. The van der Waals surface area contributed by atoms with Gasteiger partial charge in [-0.2, -0.15) is 0 Å². The molecule has 98 valence electrons. The zero-order chi connectivity index (χ0) is 13.8. The molecule has 0 aliphatic rings. The van der Waals surface area contributed by atoms with Gasteiger partial charge in [0.15, 0.2) is 0 Å². The van der Waals surface area contributed by atoms with Crippen molar-refractivity contribution in [3.63, 3.8) is 0 Å². The number of carbonyl (C=O) groups is 1. The highest BCUT2D eigenvalue weighted by Gasteiger charge is 2.13. The van der Waals surface area contributed by atoms with Crippen molar-refractivity contribution in [3.05, 3.63) is 40.9 Å². The lowest BCUT2D eigenvalue weighted by molar-refractivity contribution is -0.136. The van der Waals surface area contributed by atoms with Crippen LogP contribution in [-0.4, -0.2) is 26.0 Å². The normalized spacial score (nSPS) is 11.2. The van der Waals surface area contributed by atoms with Crippen LogP contribution in [0, 0.1) is 0 Å². The largest absolute Gasteiger partial charge is 0.481 e. The maximum absolute atomic E-state index is 11.8. The van der Waals surface area contributed by atoms with E-state index in [-0.39, 0.29) is 17.9 Å². The molecular weight excluding hydrogens is 322 g/mol. The predicted molar refractivity (Wildman–Crippen MR) is 71.0 cm³/mol. The van der Waals surface area contributed by atoms with Crippen molar-refractivity contribution in [2.45, 2.75) is 11.3 Å². The Balaban J connectivity index is 2.84. The first-order chi connectivity index (χ1) is 8.31. The summed E-state index contributed by atoms with van der Waals surface area (Å²) in [5.74, 6) is -0.959. The lowest BCUT2D eigenvalue weighted by atomic mass is 10.2. The second kappa shape index (κ2) is 6.12. The van der Waals surface area contributed by atoms with Gasteiger partial charge in [0, 0.05) is 11.0 Å². The Hall–Kier alpha value is -1.18. The fourth-order valence-corrected chi connectivity index (χ4v) is 2.57. The Morgan fingerprint density at radius 1 is 1.33 bits per heavy atom. The van der Waals surface area contributed by atoms with Crippen LogP contribution in [-0.2, 0) is 21.2 Å². The second-order valence-electron chi connectivity index (χ2n) is 3.56. The highest BCUT2D eigenvalue weighted by Crippen LogP contribution is 2.11. The van der Waals surface area contributed by atoms with Crippen LogP contribution in [0.25, 0.3) is 0 Å². The number of benzene rings is 1. The number of aliphatic carboxylic acids is 1. The summed E-state index contributed by atoms with van der Waals surface area (Å²) >= 11 is 3.05. The van der Waals surface area contributed by atoms with Crippen molar-refractivity contribution in [1.29, 1.82) is 0 Å². The fraction of sp³-hybridized carbons (Fsp3) is 0.182.